The maximum absolute atomic E-state index is 12.6. The molecule has 0 radical (unpaired) electrons. The number of fused-ring (bicyclic) bond motifs is 1. The Bertz CT molecular complexity index is 1010. The monoisotopic (exact) mass is 421 g/mol. The van der Waals surface area contributed by atoms with Gasteiger partial charge in [0.25, 0.3) is 0 Å². The average molecular weight is 422 g/mol. The minimum absolute atomic E-state index is 0.0890. The summed E-state index contributed by atoms with van der Waals surface area (Å²) in [7, 11) is 1.67. The number of aromatic nitrogens is 1. The van der Waals surface area contributed by atoms with Gasteiger partial charge < -0.3 is 19.8 Å². The number of aromatic amines is 1. The first-order valence-corrected chi connectivity index (χ1v) is 11.0. The van der Waals surface area contributed by atoms with Gasteiger partial charge in [-0.25, -0.2) is 0 Å². The lowest BCUT2D eigenvalue weighted by molar-refractivity contribution is -0.121. The number of amides is 1. The molecule has 0 spiro atoms. The minimum atomic E-state index is 0.0890. The first-order chi connectivity index (χ1) is 15.2. The number of hydrogen-bond donors (Lipinski definition) is 2. The standard InChI is InChI=1S/C25H31N3O3/c1-18(28-13-15-31-16-14-28)17-26-24(29)12-11-22-21-5-3-4-6-23(21)27-25(22)19-7-9-20(30-2)10-8-19/h3-10,18,27H,11-17H2,1-2H3,(H,26,29). The molecule has 1 saturated heterocycles. The second-order valence-corrected chi connectivity index (χ2v) is 8.05. The Morgan fingerprint density at radius 3 is 2.65 bits per heavy atom. The molecule has 1 aliphatic heterocycles. The van der Waals surface area contributed by atoms with Crippen LogP contribution in [0, 0.1) is 0 Å². The summed E-state index contributed by atoms with van der Waals surface area (Å²) in [6, 6.07) is 16.6. The van der Waals surface area contributed by atoms with Gasteiger partial charge in [-0.05, 0) is 54.8 Å². The number of aryl methyl sites for hydroxylation is 1. The number of carbonyl (C=O) groups is 1. The molecule has 1 amide bonds. The van der Waals surface area contributed by atoms with Crippen molar-refractivity contribution in [3.63, 3.8) is 0 Å². The molecule has 3 aromatic rings. The van der Waals surface area contributed by atoms with Gasteiger partial charge in [-0.2, -0.15) is 0 Å². The molecule has 1 aliphatic rings. The summed E-state index contributed by atoms with van der Waals surface area (Å²) in [4.78, 5) is 18.5. The van der Waals surface area contributed by atoms with Gasteiger partial charge in [0.15, 0.2) is 0 Å². The first kappa shape index (κ1) is 21.4. The van der Waals surface area contributed by atoms with Crippen LogP contribution in [0.15, 0.2) is 48.5 Å². The van der Waals surface area contributed by atoms with Gasteiger partial charge >= 0.3 is 0 Å². The topological polar surface area (TPSA) is 66.6 Å². The molecule has 2 heterocycles. The Hall–Kier alpha value is -2.83. The molecule has 1 fully saturated rings. The van der Waals surface area contributed by atoms with Crippen LogP contribution in [0.1, 0.15) is 18.9 Å². The van der Waals surface area contributed by atoms with Crippen molar-refractivity contribution in [3.05, 3.63) is 54.1 Å². The third-order valence-electron chi connectivity index (χ3n) is 6.06. The predicted molar refractivity (Wildman–Crippen MR) is 123 cm³/mol. The van der Waals surface area contributed by atoms with E-state index in [1.54, 1.807) is 7.11 Å². The molecule has 2 N–H and O–H groups in total. The van der Waals surface area contributed by atoms with Gasteiger partial charge in [0.1, 0.15) is 5.75 Å². The number of ether oxygens (including phenoxy) is 2. The highest BCUT2D eigenvalue weighted by Crippen LogP contribution is 2.32. The molecular weight excluding hydrogens is 390 g/mol. The van der Waals surface area contributed by atoms with Crippen molar-refractivity contribution in [2.24, 2.45) is 0 Å². The summed E-state index contributed by atoms with van der Waals surface area (Å²) in [5.41, 5.74) is 4.42. The van der Waals surface area contributed by atoms with Crippen LogP contribution in [0.25, 0.3) is 22.2 Å². The highest BCUT2D eigenvalue weighted by atomic mass is 16.5. The molecule has 4 rings (SSSR count). The van der Waals surface area contributed by atoms with E-state index in [0.717, 1.165) is 48.8 Å². The Labute approximate surface area is 183 Å². The molecule has 6 nitrogen and oxygen atoms in total. The number of morpholine rings is 1. The van der Waals surface area contributed by atoms with Crippen molar-refractivity contribution in [3.8, 4) is 17.0 Å². The Morgan fingerprint density at radius 2 is 1.90 bits per heavy atom. The lowest BCUT2D eigenvalue weighted by atomic mass is 10.0. The normalized spacial score (nSPS) is 15.7. The van der Waals surface area contributed by atoms with Gasteiger partial charge in [0, 0.05) is 48.7 Å². The number of methoxy groups -OCH3 is 1. The predicted octanol–water partition coefficient (Wildman–Crippen LogP) is 3.61. The highest BCUT2D eigenvalue weighted by Gasteiger charge is 2.18. The van der Waals surface area contributed by atoms with Crippen molar-refractivity contribution in [2.75, 3.05) is 40.0 Å². The fourth-order valence-corrected chi connectivity index (χ4v) is 4.20. The smallest absolute Gasteiger partial charge is 0.220 e. The number of nitrogens with one attached hydrogen (secondary N) is 2. The molecular formula is C25H31N3O3. The van der Waals surface area contributed by atoms with Crippen LogP contribution in [0.5, 0.6) is 5.75 Å². The first-order valence-electron chi connectivity index (χ1n) is 11.0. The minimum Gasteiger partial charge on any atom is -0.497 e. The van der Waals surface area contributed by atoms with E-state index in [9.17, 15) is 4.79 Å². The number of benzene rings is 2. The van der Waals surface area contributed by atoms with Crippen molar-refractivity contribution in [1.29, 1.82) is 0 Å². The molecule has 31 heavy (non-hydrogen) atoms. The average Bonchev–Trinajstić information content (AvgIpc) is 3.20. The Kier molecular flexibility index (Phi) is 6.89. The molecule has 0 bridgehead atoms. The van der Waals surface area contributed by atoms with Crippen LogP contribution in [0.3, 0.4) is 0 Å². The van der Waals surface area contributed by atoms with Crippen molar-refractivity contribution in [1.82, 2.24) is 15.2 Å². The van der Waals surface area contributed by atoms with Gasteiger partial charge in [-0.3, -0.25) is 9.69 Å². The molecule has 1 atom stereocenters. The van der Waals surface area contributed by atoms with E-state index < -0.39 is 0 Å². The van der Waals surface area contributed by atoms with E-state index in [1.807, 2.05) is 24.3 Å². The highest BCUT2D eigenvalue weighted by molar-refractivity contribution is 5.91. The Balaban J connectivity index is 1.44. The van der Waals surface area contributed by atoms with Crippen molar-refractivity contribution in [2.45, 2.75) is 25.8 Å². The summed E-state index contributed by atoms with van der Waals surface area (Å²) in [5.74, 6) is 0.918. The number of H-pyrrole nitrogens is 1. The fourth-order valence-electron chi connectivity index (χ4n) is 4.20. The SMILES string of the molecule is COc1ccc(-c2[nH]c3ccccc3c2CCC(=O)NCC(C)N2CCOCC2)cc1. The van der Waals surface area contributed by atoms with E-state index in [-0.39, 0.29) is 5.91 Å². The Morgan fingerprint density at radius 1 is 1.16 bits per heavy atom. The van der Waals surface area contributed by atoms with Crippen LogP contribution < -0.4 is 10.1 Å². The van der Waals surface area contributed by atoms with E-state index >= 15 is 0 Å². The number of para-hydroxylation sites is 1. The second kappa shape index (κ2) is 9.98. The maximum Gasteiger partial charge on any atom is 0.220 e. The van der Waals surface area contributed by atoms with Gasteiger partial charge in [0.05, 0.1) is 20.3 Å². The zero-order valence-corrected chi connectivity index (χ0v) is 18.3. The van der Waals surface area contributed by atoms with E-state index in [2.05, 4.69) is 46.4 Å². The zero-order valence-electron chi connectivity index (χ0n) is 18.3. The molecule has 2 aromatic carbocycles. The van der Waals surface area contributed by atoms with Crippen LogP contribution >= 0.6 is 0 Å². The molecule has 6 heteroatoms. The number of hydrogen-bond acceptors (Lipinski definition) is 4. The van der Waals surface area contributed by atoms with Crippen LogP contribution in [0.2, 0.25) is 0 Å². The third-order valence-corrected chi connectivity index (χ3v) is 6.06. The number of nitrogens with zero attached hydrogens (tertiary/aromatic N) is 1. The van der Waals surface area contributed by atoms with E-state index in [1.165, 1.54) is 10.9 Å². The third kappa shape index (κ3) is 5.09. The van der Waals surface area contributed by atoms with Crippen LogP contribution in [-0.2, 0) is 16.0 Å². The van der Waals surface area contributed by atoms with Crippen LogP contribution in [0.4, 0.5) is 0 Å². The van der Waals surface area contributed by atoms with E-state index in [0.29, 0.717) is 25.4 Å². The maximum atomic E-state index is 12.6. The number of carbonyl (C=O) groups excluding carboxylic acids is 1. The zero-order chi connectivity index (χ0) is 21.6. The lowest BCUT2D eigenvalue weighted by Crippen LogP contribution is -2.47. The van der Waals surface area contributed by atoms with Crippen molar-refractivity contribution >= 4 is 16.8 Å². The summed E-state index contributed by atoms with van der Waals surface area (Å²) < 4.78 is 10.7. The second-order valence-electron chi connectivity index (χ2n) is 8.05. The molecule has 0 aliphatic carbocycles. The summed E-state index contributed by atoms with van der Waals surface area (Å²) in [6.45, 7) is 6.22. The molecule has 1 unspecified atom stereocenters. The van der Waals surface area contributed by atoms with Crippen molar-refractivity contribution < 1.29 is 14.3 Å². The van der Waals surface area contributed by atoms with Gasteiger partial charge in [-0.15, -0.1) is 0 Å². The fraction of sp³-hybridized carbons (Fsp3) is 0.400. The summed E-state index contributed by atoms with van der Waals surface area (Å²) >= 11 is 0. The summed E-state index contributed by atoms with van der Waals surface area (Å²) in [6.07, 6.45) is 1.14. The molecule has 1 aromatic heterocycles. The van der Waals surface area contributed by atoms with Gasteiger partial charge in [-0.1, -0.05) is 18.2 Å². The van der Waals surface area contributed by atoms with Gasteiger partial charge in [0.2, 0.25) is 5.91 Å². The quantitative estimate of drug-likeness (QED) is 0.583. The largest absolute Gasteiger partial charge is 0.497 e. The lowest BCUT2D eigenvalue weighted by Gasteiger charge is -2.32. The summed E-state index contributed by atoms with van der Waals surface area (Å²) in [5, 5.41) is 4.29. The van der Waals surface area contributed by atoms with Crippen LogP contribution in [-0.4, -0.2) is 61.8 Å². The number of rotatable bonds is 8. The van der Waals surface area contributed by atoms with E-state index in [4.69, 9.17) is 9.47 Å². The molecule has 0 saturated carbocycles. The molecule has 164 valence electrons.